The number of H-pyrrole nitrogens is 2. The largest absolute Gasteiger partial charge is 0.368 e. The van der Waals surface area contributed by atoms with E-state index in [1.165, 1.54) is 25.7 Å². The molecule has 13 heteroatoms. The fraction of sp³-hybridized carbons (Fsp3) is 0.414. The fourth-order valence-electron chi connectivity index (χ4n) is 3.09. The van der Waals surface area contributed by atoms with Gasteiger partial charge in [-0.05, 0) is 52.7 Å². The molecule has 4 heterocycles. The number of nitrogens with zero attached hydrogens (tertiary/aromatic N) is 6. The molecule has 0 saturated carbocycles. The van der Waals surface area contributed by atoms with E-state index in [1.54, 1.807) is 39.5 Å². The molecule has 4 N–H and O–H groups in total. The Hall–Kier alpha value is -4.81. The Bertz CT molecular complexity index is 1470. The molecule has 0 bridgehead atoms. The summed E-state index contributed by atoms with van der Waals surface area (Å²) in [7, 11) is 0. The summed E-state index contributed by atoms with van der Waals surface area (Å²) < 4.78 is 0. The first-order chi connectivity index (χ1) is 20.1. The van der Waals surface area contributed by atoms with E-state index in [4.69, 9.17) is 0 Å². The SMILES string of the molecule is C/C=C\C(C)=O.CC.CC(=O)/C(C)=C\CNc1ncnc2nc[nH]c12.CC(=O)C(C)CCNc1ncnc2nc[nH]c12. The third-order valence-corrected chi connectivity index (χ3v) is 5.64. The second-order valence-electron chi connectivity index (χ2n) is 8.81. The van der Waals surface area contributed by atoms with Crippen molar-refractivity contribution in [2.45, 2.75) is 61.8 Å². The monoisotopic (exact) mass is 578 g/mol. The number of fused-ring (bicyclic) bond motifs is 2. The molecule has 13 nitrogen and oxygen atoms in total. The molecule has 0 aliphatic heterocycles. The van der Waals surface area contributed by atoms with E-state index < -0.39 is 0 Å². The second kappa shape index (κ2) is 19.3. The number of carbonyl (C=O) groups excluding carboxylic acids is 3. The Labute approximate surface area is 246 Å². The van der Waals surface area contributed by atoms with Crippen molar-refractivity contribution in [3.63, 3.8) is 0 Å². The zero-order valence-electron chi connectivity index (χ0n) is 25.6. The Kier molecular flexibility index (Phi) is 16.2. The van der Waals surface area contributed by atoms with Crippen molar-refractivity contribution in [3.8, 4) is 0 Å². The molecular formula is C29H42N10O3. The zero-order chi connectivity index (χ0) is 31.5. The van der Waals surface area contributed by atoms with Gasteiger partial charge in [0.1, 0.15) is 29.5 Å². The molecule has 0 aliphatic rings. The number of ketones is 3. The summed E-state index contributed by atoms with van der Waals surface area (Å²) in [5, 5.41) is 6.29. The first-order valence-electron chi connectivity index (χ1n) is 13.7. The lowest BCUT2D eigenvalue weighted by Crippen LogP contribution is -2.13. The van der Waals surface area contributed by atoms with Crippen LogP contribution in [0.15, 0.2) is 49.1 Å². The third kappa shape index (κ3) is 12.1. The van der Waals surface area contributed by atoms with Gasteiger partial charge in [-0.15, -0.1) is 0 Å². The number of nitrogens with one attached hydrogen (secondary N) is 4. The second-order valence-corrected chi connectivity index (χ2v) is 8.81. The fourth-order valence-corrected chi connectivity index (χ4v) is 3.09. The van der Waals surface area contributed by atoms with Gasteiger partial charge in [0.05, 0.1) is 12.7 Å². The van der Waals surface area contributed by atoms with Crippen LogP contribution in [0.25, 0.3) is 22.3 Å². The van der Waals surface area contributed by atoms with Crippen molar-refractivity contribution in [2.24, 2.45) is 5.92 Å². The Morgan fingerprint density at radius 3 is 1.79 bits per heavy atom. The molecule has 0 aliphatic carbocycles. The van der Waals surface area contributed by atoms with Gasteiger partial charge in [0.25, 0.3) is 0 Å². The van der Waals surface area contributed by atoms with E-state index in [-0.39, 0.29) is 23.3 Å². The minimum absolute atomic E-state index is 0.0705. The average molecular weight is 579 g/mol. The first kappa shape index (κ1) is 35.2. The molecule has 0 spiro atoms. The van der Waals surface area contributed by atoms with E-state index >= 15 is 0 Å². The smallest absolute Gasteiger partial charge is 0.182 e. The van der Waals surface area contributed by atoms with Crippen LogP contribution in [-0.4, -0.2) is 70.3 Å². The molecule has 42 heavy (non-hydrogen) atoms. The van der Waals surface area contributed by atoms with Crippen LogP contribution < -0.4 is 10.6 Å². The van der Waals surface area contributed by atoms with Gasteiger partial charge < -0.3 is 20.6 Å². The van der Waals surface area contributed by atoms with E-state index in [2.05, 4.69) is 50.5 Å². The maximum absolute atomic E-state index is 11.1. The van der Waals surface area contributed by atoms with Crippen molar-refractivity contribution in [3.05, 3.63) is 49.1 Å². The molecule has 1 atom stereocenters. The molecule has 0 saturated heterocycles. The van der Waals surface area contributed by atoms with Gasteiger partial charge in [-0.2, -0.15) is 0 Å². The van der Waals surface area contributed by atoms with Crippen LogP contribution in [-0.2, 0) is 14.4 Å². The van der Waals surface area contributed by atoms with Crippen LogP contribution in [0.5, 0.6) is 0 Å². The van der Waals surface area contributed by atoms with Crippen molar-refractivity contribution < 1.29 is 14.4 Å². The third-order valence-electron chi connectivity index (χ3n) is 5.64. The minimum atomic E-state index is 0.0705. The number of rotatable bonds is 10. The van der Waals surface area contributed by atoms with Crippen LogP contribution in [0.4, 0.5) is 11.6 Å². The maximum atomic E-state index is 11.1. The number of imidazole rings is 2. The van der Waals surface area contributed by atoms with Gasteiger partial charge >= 0.3 is 0 Å². The molecule has 0 fully saturated rings. The van der Waals surface area contributed by atoms with Gasteiger partial charge in [0.15, 0.2) is 34.5 Å². The molecule has 4 rings (SSSR count). The summed E-state index contributed by atoms with van der Waals surface area (Å²) in [6, 6.07) is 0. The van der Waals surface area contributed by atoms with E-state index in [0.717, 1.165) is 28.8 Å². The Morgan fingerprint density at radius 1 is 0.833 bits per heavy atom. The molecule has 226 valence electrons. The van der Waals surface area contributed by atoms with Crippen molar-refractivity contribution in [1.29, 1.82) is 0 Å². The average Bonchev–Trinajstić information content (AvgIpc) is 3.65. The molecule has 4 aromatic rings. The number of hydrogen-bond acceptors (Lipinski definition) is 11. The highest BCUT2D eigenvalue weighted by Gasteiger charge is 2.09. The van der Waals surface area contributed by atoms with Crippen LogP contribution >= 0.6 is 0 Å². The summed E-state index contributed by atoms with van der Waals surface area (Å²) in [6.45, 7) is 15.5. The summed E-state index contributed by atoms with van der Waals surface area (Å²) in [5.41, 5.74) is 3.55. The highest BCUT2D eigenvalue weighted by molar-refractivity contribution is 5.92. The van der Waals surface area contributed by atoms with Gasteiger partial charge in [-0.3, -0.25) is 14.4 Å². The summed E-state index contributed by atoms with van der Waals surface area (Å²) in [5.74, 6) is 1.87. The molecule has 0 amide bonds. The molecular weight excluding hydrogens is 536 g/mol. The van der Waals surface area contributed by atoms with Crippen LogP contribution in [0.2, 0.25) is 0 Å². The van der Waals surface area contributed by atoms with Crippen molar-refractivity contribution >= 4 is 51.3 Å². The Balaban J connectivity index is 0.000000337. The van der Waals surface area contributed by atoms with Gasteiger partial charge in [-0.25, -0.2) is 29.9 Å². The number of Topliss-reactive ketones (excluding diaryl/α,β-unsaturated/α-hetero) is 2. The summed E-state index contributed by atoms with van der Waals surface area (Å²) in [4.78, 5) is 62.4. The highest BCUT2D eigenvalue weighted by atomic mass is 16.1. The number of anilines is 2. The number of aromatic amines is 2. The predicted octanol–water partition coefficient (Wildman–Crippen LogP) is 4.86. The molecule has 0 aromatic carbocycles. The van der Waals surface area contributed by atoms with Gasteiger partial charge in [0, 0.05) is 19.0 Å². The normalized spacial score (nSPS) is 11.4. The Morgan fingerprint density at radius 2 is 1.36 bits per heavy atom. The van der Waals surface area contributed by atoms with E-state index in [9.17, 15) is 14.4 Å². The van der Waals surface area contributed by atoms with Gasteiger partial charge in [-0.1, -0.05) is 32.9 Å². The molecule has 0 radical (unpaired) electrons. The predicted molar refractivity (Wildman–Crippen MR) is 166 cm³/mol. The van der Waals surface area contributed by atoms with Crippen LogP contribution in [0, 0.1) is 5.92 Å². The maximum Gasteiger partial charge on any atom is 0.182 e. The van der Waals surface area contributed by atoms with Crippen LogP contribution in [0.3, 0.4) is 0 Å². The first-order valence-corrected chi connectivity index (χ1v) is 13.7. The summed E-state index contributed by atoms with van der Waals surface area (Å²) >= 11 is 0. The van der Waals surface area contributed by atoms with E-state index in [1.807, 2.05) is 33.8 Å². The standard InChI is InChI=1S/C11H15N5O.C11H13N5O.C5H8O.C2H6/c2*1-7(8(2)17)3-4-12-10-9-11(14-5-13-9)16-6-15-10;1-3-4-5(2)6;1-2/h5-7H,3-4H2,1-2H3,(H2,12,13,14,15,16);3,5-6H,4H2,1-2H3,(H2,12,13,14,15,16);3-4H,1-2H3;1-2H3/b;7-3-;4-3-;. The minimum Gasteiger partial charge on any atom is -0.368 e. The summed E-state index contributed by atoms with van der Waals surface area (Å²) in [6.07, 6.45) is 11.9. The lowest BCUT2D eigenvalue weighted by Gasteiger charge is -2.09. The molecule has 1 unspecified atom stereocenters. The van der Waals surface area contributed by atoms with E-state index in [0.29, 0.717) is 30.2 Å². The van der Waals surface area contributed by atoms with Crippen molar-refractivity contribution in [1.82, 2.24) is 39.9 Å². The van der Waals surface area contributed by atoms with Gasteiger partial charge in [0.2, 0.25) is 0 Å². The number of hydrogen-bond donors (Lipinski definition) is 4. The number of allylic oxidation sites excluding steroid dienone is 3. The topological polar surface area (TPSA) is 184 Å². The lowest BCUT2D eigenvalue weighted by molar-refractivity contribution is -0.120. The number of aromatic nitrogens is 8. The molecule has 4 aromatic heterocycles. The lowest BCUT2D eigenvalue weighted by atomic mass is 10.0. The van der Waals surface area contributed by atoms with Crippen LogP contribution in [0.1, 0.15) is 61.8 Å². The number of carbonyl (C=O) groups is 3. The highest BCUT2D eigenvalue weighted by Crippen LogP contribution is 2.15. The zero-order valence-corrected chi connectivity index (χ0v) is 25.6. The quantitative estimate of drug-likeness (QED) is 0.188. The van der Waals surface area contributed by atoms with Crippen molar-refractivity contribution in [2.75, 3.05) is 23.7 Å².